The van der Waals surface area contributed by atoms with E-state index in [9.17, 15) is 0 Å². The van der Waals surface area contributed by atoms with Gasteiger partial charge in [-0.05, 0) is 18.2 Å². The molecular formula is C11H5BrCl2N4O. The van der Waals surface area contributed by atoms with Crippen molar-refractivity contribution in [2.75, 3.05) is 0 Å². The number of nitrogens with zero attached hydrogens (tertiary/aromatic N) is 4. The zero-order valence-electron chi connectivity index (χ0n) is 9.22. The quantitative estimate of drug-likeness (QED) is 0.649. The summed E-state index contributed by atoms with van der Waals surface area (Å²) in [6.45, 7) is 0. The van der Waals surface area contributed by atoms with E-state index in [-0.39, 0.29) is 5.15 Å². The van der Waals surface area contributed by atoms with Gasteiger partial charge in [-0.15, -0.1) is 0 Å². The predicted octanol–water partition coefficient (Wildman–Crippen LogP) is 3.99. The van der Waals surface area contributed by atoms with E-state index in [0.717, 1.165) is 4.47 Å². The lowest BCUT2D eigenvalue weighted by Gasteiger charge is -2.09. The number of halogens is 3. The predicted molar refractivity (Wildman–Crippen MR) is 75.0 cm³/mol. The number of hydrogen-bond donors (Lipinski definition) is 0. The summed E-state index contributed by atoms with van der Waals surface area (Å²) in [4.78, 5) is 7.97. The lowest BCUT2D eigenvalue weighted by Crippen LogP contribution is -1.98. The van der Waals surface area contributed by atoms with Crippen molar-refractivity contribution in [2.45, 2.75) is 0 Å². The van der Waals surface area contributed by atoms with E-state index in [1.165, 1.54) is 10.8 Å². The standard InChI is InChI=1S/C11H5BrCl2N4O/c12-6-1-2-7(13)8(3-6)19-10-4-9(14)17-11-15-5-16-18(10)11/h1-5H. The second-order valence-electron chi connectivity index (χ2n) is 3.57. The first-order chi connectivity index (χ1) is 9.13. The summed E-state index contributed by atoms with van der Waals surface area (Å²) >= 11 is 15.3. The van der Waals surface area contributed by atoms with E-state index in [0.29, 0.717) is 22.4 Å². The lowest BCUT2D eigenvalue weighted by molar-refractivity contribution is 0.446. The topological polar surface area (TPSA) is 52.3 Å². The van der Waals surface area contributed by atoms with E-state index in [1.54, 1.807) is 18.2 Å². The smallest absolute Gasteiger partial charge is 0.256 e. The molecule has 0 amide bonds. The molecular weight excluding hydrogens is 355 g/mol. The van der Waals surface area contributed by atoms with Crippen LogP contribution in [-0.4, -0.2) is 19.6 Å². The molecule has 0 fully saturated rings. The zero-order chi connectivity index (χ0) is 13.4. The SMILES string of the molecule is Clc1cc(Oc2cc(Br)ccc2Cl)n2ncnc2n1. The Hall–Kier alpha value is -1.37. The van der Waals surface area contributed by atoms with Crippen LogP contribution >= 0.6 is 39.1 Å². The molecule has 0 saturated heterocycles. The van der Waals surface area contributed by atoms with E-state index in [2.05, 4.69) is 31.0 Å². The Balaban J connectivity index is 2.10. The van der Waals surface area contributed by atoms with Crippen molar-refractivity contribution >= 4 is 44.9 Å². The highest BCUT2D eigenvalue weighted by Gasteiger charge is 2.11. The number of fused-ring (bicyclic) bond motifs is 1. The van der Waals surface area contributed by atoms with Crippen LogP contribution < -0.4 is 4.74 Å². The van der Waals surface area contributed by atoms with Crippen LogP contribution in [0.4, 0.5) is 0 Å². The molecule has 0 atom stereocenters. The molecule has 3 aromatic rings. The molecule has 3 rings (SSSR count). The molecule has 0 unspecified atom stereocenters. The minimum absolute atomic E-state index is 0.265. The van der Waals surface area contributed by atoms with Gasteiger partial charge in [-0.1, -0.05) is 39.1 Å². The van der Waals surface area contributed by atoms with E-state index < -0.39 is 0 Å². The van der Waals surface area contributed by atoms with Crippen LogP contribution in [0.3, 0.4) is 0 Å². The zero-order valence-corrected chi connectivity index (χ0v) is 12.3. The summed E-state index contributed by atoms with van der Waals surface area (Å²) in [6, 6.07) is 6.84. The first-order valence-corrected chi connectivity index (χ1v) is 6.67. The van der Waals surface area contributed by atoms with Crippen LogP contribution in [0.25, 0.3) is 5.78 Å². The van der Waals surface area contributed by atoms with Crippen molar-refractivity contribution in [3.8, 4) is 11.6 Å². The molecule has 2 aromatic heterocycles. The van der Waals surface area contributed by atoms with Crippen molar-refractivity contribution in [3.05, 3.63) is 45.2 Å². The summed E-state index contributed by atoms with van der Waals surface area (Å²) in [5.41, 5.74) is 0. The number of rotatable bonds is 2. The normalized spacial score (nSPS) is 10.9. The molecule has 19 heavy (non-hydrogen) atoms. The van der Waals surface area contributed by atoms with Crippen LogP contribution in [0.1, 0.15) is 0 Å². The fourth-order valence-electron chi connectivity index (χ4n) is 1.50. The Morgan fingerprint density at radius 2 is 2.05 bits per heavy atom. The van der Waals surface area contributed by atoms with Crippen molar-refractivity contribution in [1.82, 2.24) is 19.6 Å². The molecule has 0 saturated carbocycles. The molecule has 2 heterocycles. The van der Waals surface area contributed by atoms with Gasteiger partial charge in [0.2, 0.25) is 5.88 Å². The van der Waals surface area contributed by atoms with Crippen LogP contribution in [0, 0.1) is 0 Å². The van der Waals surface area contributed by atoms with E-state index in [4.69, 9.17) is 27.9 Å². The van der Waals surface area contributed by atoms with Crippen LogP contribution in [0.15, 0.2) is 35.1 Å². The van der Waals surface area contributed by atoms with Gasteiger partial charge in [-0.25, -0.2) is 0 Å². The largest absolute Gasteiger partial charge is 0.437 e. The molecule has 0 bridgehead atoms. The van der Waals surface area contributed by atoms with Crippen molar-refractivity contribution in [2.24, 2.45) is 0 Å². The maximum atomic E-state index is 6.07. The molecule has 5 nitrogen and oxygen atoms in total. The Labute approximate surface area is 126 Å². The molecule has 1 aromatic carbocycles. The molecule has 96 valence electrons. The van der Waals surface area contributed by atoms with Gasteiger partial charge in [0.25, 0.3) is 5.78 Å². The highest BCUT2D eigenvalue weighted by molar-refractivity contribution is 9.10. The molecule has 0 radical (unpaired) electrons. The monoisotopic (exact) mass is 358 g/mol. The average Bonchev–Trinajstić information content (AvgIpc) is 2.82. The van der Waals surface area contributed by atoms with Crippen molar-refractivity contribution in [3.63, 3.8) is 0 Å². The maximum absolute atomic E-state index is 6.07. The second-order valence-corrected chi connectivity index (χ2v) is 5.28. The van der Waals surface area contributed by atoms with Crippen LogP contribution in [-0.2, 0) is 0 Å². The molecule has 0 spiro atoms. The molecule has 0 aliphatic carbocycles. The van der Waals surface area contributed by atoms with Gasteiger partial charge in [0, 0.05) is 10.5 Å². The molecule has 0 aliphatic heterocycles. The van der Waals surface area contributed by atoms with Crippen molar-refractivity contribution in [1.29, 1.82) is 0 Å². The van der Waals surface area contributed by atoms with Gasteiger partial charge in [-0.3, -0.25) is 0 Å². The number of benzene rings is 1. The van der Waals surface area contributed by atoms with Gasteiger partial charge in [0.15, 0.2) is 0 Å². The third-order valence-electron chi connectivity index (χ3n) is 2.30. The first-order valence-electron chi connectivity index (χ1n) is 5.13. The lowest BCUT2D eigenvalue weighted by atomic mass is 10.3. The third-order valence-corrected chi connectivity index (χ3v) is 3.29. The van der Waals surface area contributed by atoms with E-state index in [1.807, 2.05) is 6.07 Å². The van der Waals surface area contributed by atoms with Crippen molar-refractivity contribution < 1.29 is 4.74 Å². The second kappa shape index (κ2) is 4.96. The van der Waals surface area contributed by atoms with Crippen LogP contribution in [0.5, 0.6) is 11.6 Å². The molecule has 0 N–H and O–H groups in total. The Morgan fingerprint density at radius 1 is 1.21 bits per heavy atom. The maximum Gasteiger partial charge on any atom is 0.256 e. The van der Waals surface area contributed by atoms with Gasteiger partial charge in [0.1, 0.15) is 17.2 Å². The molecule has 8 heteroatoms. The average molecular weight is 360 g/mol. The Bertz CT molecular complexity index is 762. The minimum atomic E-state index is 0.265. The van der Waals surface area contributed by atoms with Gasteiger partial charge in [0.05, 0.1) is 5.02 Å². The number of aromatic nitrogens is 4. The van der Waals surface area contributed by atoms with E-state index >= 15 is 0 Å². The Kier molecular flexibility index (Phi) is 3.30. The highest BCUT2D eigenvalue weighted by atomic mass is 79.9. The summed E-state index contributed by atoms with van der Waals surface area (Å²) < 4.78 is 8.00. The number of ether oxygens (including phenoxy) is 1. The Morgan fingerprint density at radius 3 is 2.89 bits per heavy atom. The summed E-state index contributed by atoms with van der Waals surface area (Å²) in [5, 5.41) is 4.75. The summed E-state index contributed by atoms with van der Waals surface area (Å²) in [5.74, 6) is 1.22. The molecule has 0 aliphatic rings. The summed E-state index contributed by atoms with van der Waals surface area (Å²) in [6.07, 6.45) is 1.37. The summed E-state index contributed by atoms with van der Waals surface area (Å²) in [7, 11) is 0. The van der Waals surface area contributed by atoms with Gasteiger partial charge in [-0.2, -0.15) is 19.6 Å². The first kappa shape index (κ1) is 12.7. The number of hydrogen-bond acceptors (Lipinski definition) is 4. The fourth-order valence-corrected chi connectivity index (χ4v) is 2.16. The highest BCUT2D eigenvalue weighted by Crippen LogP contribution is 2.32. The fraction of sp³-hybridized carbons (Fsp3) is 0. The minimum Gasteiger partial charge on any atom is -0.437 e. The van der Waals surface area contributed by atoms with Crippen LogP contribution in [0.2, 0.25) is 10.2 Å². The van der Waals surface area contributed by atoms with Gasteiger partial charge < -0.3 is 4.74 Å². The third kappa shape index (κ3) is 2.51. The van der Waals surface area contributed by atoms with Gasteiger partial charge >= 0.3 is 0 Å².